The highest BCUT2D eigenvalue weighted by molar-refractivity contribution is 5.59. The van der Waals surface area contributed by atoms with Gasteiger partial charge in [0.15, 0.2) is 11.4 Å². The lowest BCUT2D eigenvalue weighted by Crippen LogP contribution is -2.46. The van der Waals surface area contributed by atoms with Gasteiger partial charge in [-0.15, -0.1) is 5.10 Å². The molecule has 0 radical (unpaired) electrons. The van der Waals surface area contributed by atoms with Crippen molar-refractivity contribution in [2.45, 2.75) is 13.1 Å². The normalized spacial score (nSPS) is 14.3. The minimum Gasteiger partial charge on any atom is -0.461 e. The van der Waals surface area contributed by atoms with Crippen molar-refractivity contribution in [2.24, 2.45) is 0 Å². The van der Waals surface area contributed by atoms with Crippen LogP contribution in [-0.2, 0) is 13.1 Å². The Labute approximate surface area is 217 Å². The van der Waals surface area contributed by atoms with Gasteiger partial charge in [0.05, 0.1) is 12.0 Å². The fraction of sp³-hybridized carbons (Fsp3) is 0.222. The van der Waals surface area contributed by atoms with E-state index in [9.17, 15) is 8.78 Å². The molecule has 0 amide bonds. The number of nitrogen functional groups attached to an aromatic ring is 1. The number of rotatable bonds is 7. The largest absolute Gasteiger partial charge is 0.461 e. The monoisotopic (exact) mass is 516 g/mol. The predicted molar refractivity (Wildman–Crippen MR) is 141 cm³/mol. The summed E-state index contributed by atoms with van der Waals surface area (Å²) in [5, 5.41) is 7.69. The Bertz CT molecular complexity index is 1560. The Morgan fingerprint density at radius 1 is 0.921 bits per heavy atom. The third kappa shape index (κ3) is 5.00. The van der Waals surface area contributed by atoms with E-state index in [1.54, 1.807) is 24.5 Å². The number of nitrogens with one attached hydrogen (secondary N) is 1. The first-order valence-corrected chi connectivity index (χ1v) is 12.3. The summed E-state index contributed by atoms with van der Waals surface area (Å²) in [4.78, 5) is 13.2. The molecule has 38 heavy (non-hydrogen) atoms. The molecule has 6 rings (SSSR count). The van der Waals surface area contributed by atoms with E-state index < -0.39 is 11.6 Å². The van der Waals surface area contributed by atoms with Gasteiger partial charge in [0.1, 0.15) is 17.5 Å². The second-order valence-electron chi connectivity index (χ2n) is 9.21. The molecule has 1 aliphatic heterocycles. The lowest BCUT2D eigenvalue weighted by Gasteiger charge is -2.36. The van der Waals surface area contributed by atoms with Gasteiger partial charge in [-0.05, 0) is 35.4 Å². The van der Waals surface area contributed by atoms with Crippen molar-refractivity contribution in [1.29, 1.82) is 0 Å². The van der Waals surface area contributed by atoms with Crippen LogP contribution >= 0.6 is 0 Å². The topological polar surface area (TPSA) is 101 Å². The summed E-state index contributed by atoms with van der Waals surface area (Å²) < 4.78 is 34.3. The van der Waals surface area contributed by atoms with Crippen LogP contribution in [0.3, 0.4) is 0 Å². The maximum Gasteiger partial charge on any atom is 0.225 e. The molecule has 194 valence electrons. The van der Waals surface area contributed by atoms with Crippen LogP contribution in [0, 0.1) is 11.6 Å². The van der Waals surface area contributed by atoms with Gasteiger partial charge in [0.25, 0.3) is 0 Å². The van der Waals surface area contributed by atoms with Crippen LogP contribution < -0.4 is 16.0 Å². The van der Waals surface area contributed by atoms with Crippen LogP contribution in [0.5, 0.6) is 0 Å². The molecule has 0 aliphatic carbocycles. The van der Waals surface area contributed by atoms with E-state index in [-0.39, 0.29) is 5.95 Å². The van der Waals surface area contributed by atoms with E-state index in [0.717, 1.165) is 31.3 Å². The van der Waals surface area contributed by atoms with E-state index in [4.69, 9.17) is 10.2 Å². The number of hydrogen-bond acceptors (Lipinski definition) is 8. The molecule has 0 unspecified atom stereocenters. The maximum absolute atomic E-state index is 14.2. The minimum absolute atomic E-state index is 0.226. The molecule has 9 nitrogen and oxygen atoms in total. The van der Waals surface area contributed by atoms with Gasteiger partial charge in [0.2, 0.25) is 11.8 Å². The van der Waals surface area contributed by atoms with Crippen LogP contribution in [0.2, 0.25) is 0 Å². The summed E-state index contributed by atoms with van der Waals surface area (Å²) >= 11 is 0. The first-order valence-electron chi connectivity index (χ1n) is 12.3. The Morgan fingerprint density at radius 3 is 2.55 bits per heavy atom. The Hall–Kier alpha value is -4.51. The summed E-state index contributed by atoms with van der Waals surface area (Å²) in [5.74, 6) is 0.750. The Kier molecular flexibility index (Phi) is 6.34. The summed E-state index contributed by atoms with van der Waals surface area (Å²) in [6.45, 7) is 4.31. The van der Waals surface area contributed by atoms with E-state index >= 15 is 0 Å². The highest BCUT2D eigenvalue weighted by Crippen LogP contribution is 2.23. The molecule has 3 aromatic heterocycles. The van der Waals surface area contributed by atoms with Crippen LogP contribution in [0.25, 0.3) is 17.2 Å². The van der Waals surface area contributed by atoms with Crippen molar-refractivity contribution in [3.8, 4) is 11.6 Å². The number of anilines is 3. The summed E-state index contributed by atoms with van der Waals surface area (Å²) in [6.07, 6.45) is 1.57. The van der Waals surface area contributed by atoms with Crippen molar-refractivity contribution >= 4 is 23.1 Å². The van der Waals surface area contributed by atoms with Gasteiger partial charge < -0.3 is 20.4 Å². The molecular weight excluding hydrogens is 490 g/mol. The quantitative estimate of drug-likeness (QED) is 0.332. The highest BCUT2D eigenvalue weighted by Gasteiger charge is 2.20. The van der Waals surface area contributed by atoms with E-state index in [1.165, 1.54) is 22.2 Å². The van der Waals surface area contributed by atoms with Crippen molar-refractivity contribution in [3.05, 3.63) is 89.7 Å². The molecule has 0 spiro atoms. The fourth-order valence-electron chi connectivity index (χ4n) is 4.69. The number of halogens is 2. The molecule has 1 aliphatic rings. The summed E-state index contributed by atoms with van der Waals surface area (Å²) in [5.41, 5.74) is 9.43. The van der Waals surface area contributed by atoms with Gasteiger partial charge in [-0.1, -0.05) is 24.3 Å². The zero-order valence-corrected chi connectivity index (χ0v) is 20.5. The second kappa shape index (κ2) is 10.1. The van der Waals surface area contributed by atoms with Crippen LogP contribution in [0.15, 0.2) is 71.3 Å². The summed E-state index contributed by atoms with van der Waals surface area (Å²) in [7, 11) is 0. The van der Waals surface area contributed by atoms with Crippen molar-refractivity contribution in [1.82, 2.24) is 24.5 Å². The van der Waals surface area contributed by atoms with Gasteiger partial charge in [-0.2, -0.15) is 9.50 Å². The number of furan rings is 1. The van der Waals surface area contributed by atoms with E-state index in [1.807, 2.05) is 11.0 Å². The minimum atomic E-state index is -0.559. The number of nitrogens with zero attached hydrogens (tertiary/aromatic N) is 6. The number of aromatic nitrogens is 4. The number of piperazine rings is 1. The Morgan fingerprint density at radius 2 is 1.76 bits per heavy atom. The molecular formula is C27H26F2N8O. The molecule has 11 heteroatoms. The molecule has 1 saturated heterocycles. The molecule has 0 atom stereocenters. The van der Waals surface area contributed by atoms with Crippen LogP contribution in [0.4, 0.5) is 26.2 Å². The van der Waals surface area contributed by atoms with Crippen molar-refractivity contribution in [2.75, 3.05) is 42.1 Å². The van der Waals surface area contributed by atoms with Crippen LogP contribution in [0.1, 0.15) is 11.1 Å². The molecule has 2 aromatic carbocycles. The van der Waals surface area contributed by atoms with Crippen molar-refractivity contribution < 1.29 is 13.2 Å². The van der Waals surface area contributed by atoms with Gasteiger partial charge in [0, 0.05) is 51.4 Å². The maximum atomic E-state index is 14.2. The zero-order chi connectivity index (χ0) is 26.1. The number of fused-ring (bicyclic) bond motifs is 1. The first-order chi connectivity index (χ1) is 18.5. The molecule has 4 heterocycles. The number of nitrogens with two attached hydrogens (primary N) is 1. The molecule has 0 saturated carbocycles. The average Bonchev–Trinajstić information content (AvgIpc) is 3.59. The molecule has 3 N–H and O–H groups in total. The molecule has 1 fully saturated rings. The summed E-state index contributed by atoms with van der Waals surface area (Å²) in [6, 6.07) is 17.5. The standard InChI is InChI=1S/C27H26F2N8O/c28-20-6-7-22(21(29)14-20)36-10-8-35(9-11-36)17-19-4-1-3-18(13-19)16-31-24-15-25-33-26(23-5-2-12-38-23)34-37(25)27(30)32-24/h1-7,12-15,31H,8-11,16-17H2,(H2,30,32). The molecule has 0 bridgehead atoms. The second-order valence-corrected chi connectivity index (χ2v) is 9.21. The third-order valence-corrected chi connectivity index (χ3v) is 6.59. The highest BCUT2D eigenvalue weighted by atomic mass is 19.1. The lowest BCUT2D eigenvalue weighted by molar-refractivity contribution is 0.249. The van der Waals surface area contributed by atoms with E-state index in [2.05, 4.69) is 43.5 Å². The van der Waals surface area contributed by atoms with Gasteiger partial charge in [-0.3, -0.25) is 4.90 Å². The number of benzene rings is 2. The van der Waals surface area contributed by atoms with Crippen molar-refractivity contribution in [3.63, 3.8) is 0 Å². The SMILES string of the molecule is Nc1nc(NCc2cccc(CN3CCN(c4ccc(F)cc4F)CC3)c2)cc2nc(-c3ccco3)nn12. The first kappa shape index (κ1) is 23.9. The van der Waals surface area contributed by atoms with Gasteiger partial charge in [-0.25, -0.2) is 13.8 Å². The van der Waals surface area contributed by atoms with E-state index in [0.29, 0.717) is 48.4 Å². The zero-order valence-electron chi connectivity index (χ0n) is 20.5. The van der Waals surface area contributed by atoms with Crippen LogP contribution in [-0.4, -0.2) is 50.7 Å². The third-order valence-electron chi connectivity index (χ3n) is 6.59. The fourth-order valence-corrected chi connectivity index (χ4v) is 4.69. The predicted octanol–water partition coefficient (Wildman–Crippen LogP) is 4.18. The van der Waals surface area contributed by atoms with Gasteiger partial charge >= 0.3 is 0 Å². The average molecular weight is 517 g/mol. The molecule has 5 aromatic rings. The number of hydrogen-bond donors (Lipinski definition) is 2. The lowest BCUT2D eigenvalue weighted by atomic mass is 10.1. The smallest absolute Gasteiger partial charge is 0.225 e. The Balaban J connectivity index is 1.07.